The summed E-state index contributed by atoms with van der Waals surface area (Å²) in [5.41, 5.74) is 6.10. The molecule has 0 amide bonds. The number of aromatic amines is 2. The zero-order chi connectivity index (χ0) is 24.8. The molecule has 2 N–H and O–H groups in total. The largest absolute Gasteiger partial charge is 0.336 e. The predicted octanol–water partition coefficient (Wildman–Crippen LogP) is 6.42. The van der Waals surface area contributed by atoms with Gasteiger partial charge in [-0.05, 0) is 61.1 Å². The van der Waals surface area contributed by atoms with Crippen molar-refractivity contribution in [1.82, 2.24) is 35.0 Å². The summed E-state index contributed by atoms with van der Waals surface area (Å²) in [5, 5.41) is 10.3. The number of fused-ring (bicyclic) bond motifs is 2. The first-order valence-electron chi connectivity index (χ1n) is 12.5. The molecule has 37 heavy (non-hydrogen) atoms. The molecule has 1 fully saturated rings. The van der Waals surface area contributed by atoms with Crippen molar-refractivity contribution in [3.8, 4) is 33.2 Å². The number of imidazole rings is 1. The van der Waals surface area contributed by atoms with Crippen LogP contribution in [0.15, 0.2) is 60.4 Å². The number of aromatic nitrogens is 6. The fraction of sp³-hybridized carbons (Fsp3) is 0.214. The molecule has 9 heteroatoms. The van der Waals surface area contributed by atoms with Crippen LogP contribution in [0.25, 0.3) is 55.2 Å². The molecule has 7 rings (SSSR count). The van der Waals surface area contributed by atoms with E-state index in [1.54, 1.807) is 23.7 Å². The fourth-order valence-electron chi connectivity index (χ4n) is 5.18. The lowest BCUT2D eigenvalue weighted by Gasteiger charge is -2.26. The SMILES string of the molecule is Fc1cc2[nH]nc(-c3nc4c(-c5cccs5)nccc4[nH]3)c2cc1-c1cncc(CN2CCCCC2)c1. The van der Waals surface area contributed by atoms with E-state index in [2.05, 4.69) is 30.0 Å². The minimum atomic E-state index is -0.312. The summed E-state index contributed by atoms with van der Waals surface area (Å²) in [6.07, 6.45) is 9.14. The van der Waals surface area contributed by atoms with Crippen molar-refractivity contribution in [1.29, 1.82) is 0 Å². The average Bonchev–Trinajstić information content (AvgIpc) is 3.68. The van der Waals surface area contributed by atoms with E-state index in [1.807, 2.05) is 41.9 Å². The van der Waals surface area contributed by atoms with Crippen molar-refractivity contribution < 1.29 is 4.39 Å². The van der Waals surface area contributed by atoms with Gasteiger partial charge < -0.3 is 4.98 Å². The molecular weight excluding hydrogens is 485 g/mol. The molecule has 6 aromatic rings. The monoisotopic (exact) mass is 509 g/mol. The highest BCUT2D eigenvalue weighted by Crippen LogP contribution is 2.34. The second-order valence-corrected chi connectivity index (χ2v) is 10.4. The van der Waals surface area contributed by atoms with E-state index in [9.17, 15) is 0 Å². The van der Waals surface area contributed by atoms with E-state index in [4.69, 9.17) is 4.98 Å². The van der Waals surface area contributed by atoms with Crippen molar-refractivity contribution in [2.45, 2.75) is 25.8 Å². The van der Waals surface area contributed by atoms with Crippen LogP contribution in [0.5, 0.6) is 0 Å². The Balaban J connectivity index is 1.29. The molecule has 5 aromatic heterocycles. The maximum atomic E-state index is 15.3. The number of piperidine rings is 1. The maximum absolute atomic E-state index is 15.3. The predicted molar refractivity (Wildman–Crippen MR) is 145 cm³/mol. The van der Waals surface area contributed by atoms with Gasteiger partial charge in [0.25, 0.3) is 0 Å². The van der Waals surface area contributed by atoms with Crippen molar-refractivity contribution >= 4 is 33.3 Å². The van der Waals surface area contributed by atoms with Gasteiger partial charge in [-0.1, -0.05) is 12.5 Å². The van der Waals surface area contributed by atoms with Crippen LogP contribution >= 0.6 is 11.3 Å². The first kappa shape index (κ1) is 22.3. The van der Waals surface area contributed by atoms with E-state index in [1.165, 1.54) is 25.3 Å². The third kappa shape index (κ3) is 4.10. The smallest absolute Gasteiger partial charge is 0.159 e. The van der Waals surface area contributed by atoms with Crippen LogP contribution in [0.4, 0.5) is 4.39 Å². The summed E-state index contributed by atoms with van der Waals surface area (Å²) in [4.78, 5) is 20.7. The standard InChI is InChI=1S/C28H24FN7S/c29-21-13-23-20(12-19(21)18-11-17(14-30-15-18)16-36-8-2-1-3-9-36)25(35-34-23)28-32-22-6-7-31-27(26(22)33-28)24-5-4-10-37-24/h4-7,10-15H,1-3,8-9,16H2,(H,32,33)(H,34,35). The molecule has 184 valence electrons. The molecule has 0 saturated carbocycles. The zero-order valence-corrected chi connectivity index (χ0v) is 20.9. The summed E-state index contributed by atoms with van der Waals surface area (Å²) in [6.45, 7) is 3.04. The van der Waals surface area contributed by atoms with Crippen LogP contribution in [-0.2, 0) is 6.54 Å². The molecule has 0 atom stereocenters. The summed E-state index contributed by atoms with van der Waals surface area (Å²) in [5.74, 6) is 0.301. The van der Waals surface area contributed by atoms with Gasteiger partial charge in [-0.2, -0.15) is 5.10 Å². The second kappa shape index (κ2) is 9.17. The van der Waals surface area contributed by atoms with Crippen LogP contribution in [0, 0.1) is 5.82 Å². The summed E-state index contributed by atoms with van der Waals surface area (Å²) in [6, 6.07) is 11.3. The summed E-state index contributed by atoms with van der Waals surface area (Å²) < 4.78 is 15.3. The van der Waals surface area contributed by atoms with Gasteiger partial charge >= 0.3 is 0 Å². The number of nitrogens with one attached hydrogen (secondary N) is 2. The molecule has 0 radical (unpaired) electrons. The Labute approximate surface area is 216 Å². The lowest BCUT2D eigenvalue weighted by Crippen LogP contribution is -2.29. The highest BCUT2D eigenvalue weighted by molar-refractivity contribution is 7.13. The Morgan fingerprint density at radius 1 is 1.00 bits per heavy atom. The molecular formula is C28H24FN7S. The Bertz CT molecular complexity index is 1710. The molecule has 1 aliphatic heterocycles. The molecule has 0 unspecified atom stereocenters. The number of H-pyrrole nitrogens is 2. The molecule has 7 nitrogen and oxygen atoms in total. The number of pyridine rings is 2. The van der Waals surface area contributed by atoms with Crippen molar-refractivity contribution in [2.75, 3.05) is 13.1 Å². The minimum Gasteiger partial charge on any atom is -0.336 e. The molecule has 1 saturated heterocycles. The van der Waals surface area contributed by atoms with Gasteiger partial charge in [0.1, 0.15) is 22.7 Å². The van der Waals surface area contributed by atoms with E-state index in [0.717, 1.165) is 57.8 Å². The van der Waals surface area contributed by atoms with Gasteiger partial charge in [0, 0.05) is 47.7 Å². The lowest BCUT2D eigenvalue weighted by atomic mass is 10.0. The van der Waals surface area contributed by atoms with Gasteiger partial charge in [0.15, 0.2) is 5.82 Å². The van der Waals surface area contributed by atoms with Gasteiger partial charge in [-0.25, -0.2) is 9.37 Å². The normalized spacial score (nSPS) is 14.6. The van der Waals surface area contributed by atoms with E-state index < -0.39 is 0 Å². The quantitative estimate of drug-likeness (QED) is 0.280. The second-order valence-electron chi connectivity index (χ2n) is 9.49. The lowest BCUT2D eigenvalue weighted by molar-refractivity contribution is 0.220. The highest BCUT2D eigenvalue weighted by atomic mass is 32.1. The van der Waals surface area contributed by atoms with Gasteiger partial charge in [-0.3, -0.25) is 20.0 Å². The molecule has 0 aliphatic carbocycles. The van der Waals surface area contributed by atoms with Crippen LogP contribution in [0.1, 0.15) is 24.8 Å². The number of nitrogens with zero attached hydrogens (tertiary/aromatic N) is 5. The minimum absolute atomic E-state index is 0.312. The van der Waals surface area contributed by atoms with Crippen molar-refractivity contribution in [2.24, 2.45) is 0 Å². The number of rotatable bonds is 5. The van der Waals surface area contributed by atoms with Crippen LogP contribution in [-0.4, -0.2) is 48.1 Å². The summed E-state index contributed by atoms with van der Waals surface area (Å²) >= 11 is 1.62. The Kier molecular flexibility index (Phi) is 5.52. The van der Waals surface area contributed by atoms with Crippen molar-refractivity contribution in [3.63, 3.8) is 0 Å². The zero-order valence-electron chi connectivity index (χ0n) is 20.0. The maximum Gasteiger partial charge on any atom is 0.159 e. The Morgan fingerprint density at radius 3 is 2.78 bits per heavy atom. The first-order valence-corrected chi connectivity index (χ1v) is 13.3. The number of hydrogen-bond donors (Lipinski definition) is 2. The topological polar surface area (TPSA) is 86.4 Å². The highest BCUT2D eigenvalue weighted by Gasteiger charge is 2.19. The summed E-state index contributed by atoms with van der Waals surface area (Å²) in [7, 11) is 0. The van der Waals surface area contributed by atoms with E-state index in [-0.39, 0.29) is 5.82 Å². The Hall–Kier alpha value is -3.95. The molecule has 6 heterocycles. The van der Waals surface area contributed by atoms with Crippen LogP contribution in [0.3, 0.4) is 0 Å². The van der Waals surface area contributed by atoms with Crippen LogP contribution in [0.2, 0.25) is 0 Å². The van der Waals surface area contributed by atoms with Crippen LogP contribution < -0.4 is 0 Å². The number of likely N-dealkylation sites (tertiary alicyclic amines) is 1. The van der Waals surface area contributed by atoms with E-state index in [0.29, 0.717) is 22.6 Å². The molecule has 0 spiro atoms. The van der Waals surface area contributed by atoms with Gasteiger partial charge in [-0.15, -0.1) is 11.3 Å². The third-order valence-corrected chi connectivity index (χ3v) is 7.87. The molecule has 1 aromatic carbocycles. The number of thiophene rings is 1. The Morgan fingerprint density at radius 2 is 1.92 bits per heavy atom. The average molecular weight is 510 g/mol. The number of hydrogen-bond acceptors (Lipinski definition) is 6. The molecule has 1 aliphatic rings. The van der Waals surface area contributed by atoms with Gasteiger partial charge in [0.05, 0.1) is 15.9 Å². The first-order chi connectivity index (χ1) is 18.2. The fourth-order valence-corrected chi connectivity index (χ4v) is 5.90. The van der Waals surface area contributed by atoms with Crippen molar-refractivity contribution in [3.05, 3.63) is 71.7 Å². The third-order valence-electron chi connectivity index (χ3n) is 6.99. The van der Waals surface area contributed by atoms with Gasteiger partial charge in [0.2, 0.25) is 0 Å². The number of halogens is 1. The number of benzene rings is 1. The molecule has 0 bridgehead atoms. The van der Waals surface area contributed by atoms with E-state index >= 15 is 4.39 Å².